The van der Waals surface area contributed by atoms with Crippen molar-refractivity contribution in [3.63, 3.8) is 0 Å². The SMILES string of the molecule is NC12C(=O)c3cccc([N+](=O)[O-])c3C1(O)Oc1cc(C(F)(F)F)ccc12. The Labute approximate surface area is 142 Å². The molecule has 0 aromatic heterocycles. The first-order valence-corrected chi connectivity index (χ1v) is 7.26. The minimum absolute atomic E-state index is 0.177. The van der Waals surface area contributed by atoms with Crippen LogP contribution in [0.4, 0.5) is 18.9 Å². The highest BCUT2D eigenvalue weighted by Gasteiger charge is 2.71. The third-order valence-corrected chi connectivity index (χ3v) is 4.71. The number of aliphatic hydroxyl groups is 1. The number of nitrogens with zero attached hydrogens (tertiary/aromatic N) is 1. The van der Waals surface area contributed by atoms with Gasteiger partial charge in [-0.2, -0.15) is 13.2 Å². The molecule has 1 heterocycles. The summed E-state index contributed by atoms with van der Waals surface area (Å²) in [7, 11) is 0. The van der Waals surface area contributed by atoms with Gasteiger partial charge in [0.2, 0.25) is 0 Å². The molecule has 1 aliphatic carbocycles. The van der Waals surface area contributed by atoms with Crippen LogP contribution < -0.4 is 10.5 Å². The molecule has 0 saturated carbocycles. The predicted octanol–water partition coefficient (Wildman–Crippen LogP) is 2.20. The topological polar surface area (TPSA) is 116 Å². The van der Waals surface area contributed by atoms with Crippen LogP contribution in [0.5, 0.6) is 5.75 Å². The van der Waals surface area contributed by atoms with Crippen LogP contribution in [0.3, 0.4) is 0 Å². The number of nitro groups is 1. The average Bonchev–Trinajstić information content (AvgIpc) is 2.90. The second kappa shape index (κ2) is 4.59. The van der Waals surface area contributed by atoms with Gasteiger partial charge >= 0.3 is 6.18 Å². The van der Waals surface area contributed by atoms with E-state index in [4.69, 9.17) is 10.5 Å². The molecule has 26 heavy (non-hydrogen) atoms. The molecule has 0 radical (unpaired) electrons. The summed E-state index contributed by atoms with van der Waals surface area (Å²) in [6, 6.07) is 5.77. The molecule has 1 aliphatic heterocycles. The Morgan fingerprint density at radius 1 is 1.23 bits per heavy atom. The van der Waals surface area contributed by atoms with E-state index in [1.807, 2.05) is 0 Å². The van der Waals surface area contributed by atoms with Crippen molar-refractivity contribution in [1.82, 2.24) is 0 Å². The van der Waals surface area contributed by atoms with Gasteiger partial charge in [0.1, 0.15) is 11.3 Å². The molecule has 0 saturated heterocycles. The third kappa shape index (κ3) is 1.72. The lowest BCUT2D eigenvalue weighted by atomic mass is 9.84. The molecule has 10 heteroatoms. The molecule has 2 atom stereocenters. The second-order valence-electron chi connectivity index (χ2n) is 6.05. The monoisotopic (exact) mass is 366 g/mol. The summed E-state index contributed by atoms with van der Waals surface area (Å²) in [4.78, 5) is 23.3. The standard InChI is InChI=1S/C16H9F3N2O5/c17-16(18,19)7-4-5-9-11(6-7)26-15(23)12-8(13(22)14(9,15)20)2-1-3-10(12)21(24)25/h1-6,23H,20H2. The normalized spacial score (nSPS) is 26.1. The smallest absolute Gasteiger partial charge is 0.416 e. The largest absolute Gasteiger partial charge is 0.455 e. The fraction of sp³-hybridized carbons (Fsp3) is 0.188. The molecule has 134 valence electrons. The van der Waals surface area contributed by atoms with Gasteiger partial charge in [-0.1, -0.05) is 18.2 Å². The Bertz CT molecular complexity index is 1010. The van der Waals surface area contributed by atoms with E-state index in [9.17, 15) is 33.2 Å². The zero-order chi connectivity index (χ0) is 19.1. The van der Waals surface area contributed by atoms with Gasteiger partial charge in [0, 0.05) is 17.2 Å². The summed E-state index contributed by atoms with van der Waals surface area (Å²) >= 11 is 0. The molecular weight excluding hydrogens is 357 g/mol. The van der Waals surface area contributed by atoms with Crippen LogP contribution in [-0.4, -0.2) is 15.8 Å². The first-order chi connectivity index (χ1) is 12.0. The van der Waals surface area contributed by atoms with E-state index >= 15 is 0 Å². The summed E-state index contributed by atoms with van der Waals surface area (Å²) < 4.78 is 44.0. The Morgan fingerprint density at radius 3 is 2.54 bits per heavy atom. The molecule has 0 amide bonds. The van der Waals surface area contributed by atoms with Crippen molar-refractivity contribution in [2.24, 2.45) is 5.73 Å². The van der Waals surface area contributed by atoms with Crippen LogP contribution in [0.1, 0.15) is 27.0 Å². The van der Waals surface area contributed by atoms with E-state index in [0.717, 1.165) is 12.1 Å². The van der Waals surface area contributed by atoms with E-state index in [1.165, 1.54) is 12.1 Å². The van der Waals surface area contributed by atoms with Crippen LogP contribution in [0, 0.1) is 10.1 Å². The van der Waals surface area contributed by atoms with E-state index in [-0.39, 0.29) is 11.1 Å². The van der Waals surface area contributed by atoms with Crippen molar-refractivity contribution in [2.75, 3.05) is 0 Å². The summed E-state index contributed by atoms with van der Waals surface area (Å²) in [6.07, 6.45) is -4.69. The molecule has 2 unspecified atom stereocenters. The Kier molecular flexibility index (Phi) is 2.91. The molecular formula is C16H9F3N2O5. The lowest BCUT2D eigenvalue weighted by Crippen LogP contribution is -2.55. The van der Waals surface area contributed by atoms with Gasteiger partial charge in [-0.3, -0.25) is 14.9 Å². The number of carbonyl (C=O) groups excluding carboxylic acids is 1. The maximum Gasteiger partial charge on any atom is 0.416 e. The minimum atomic E-state index is -4.69. The Morgan fingerprint density at radius 2 is 1.92 bits per heavy atom. The number of carbonyl (C=O) groups is 1. The van der Waals surface area contributed by atoms with Crippen molar-refractivity contribution in [3.8, 4) is 5.75 Å². The predicted molar refractivity (Wildman–Crippen MR) is 79.3 cm³/mol. The van der Waals surface area contributed by atoms with Crippen molar-refractivity contribution < 1.29 is 32.7 Å². The third-order valence-electron chi connectivity index (χ3n) is 4.71. The lowest BCUT2D eigenvalue weighted by molar-refractivity contribution is -0.388. The zero-order valence-corrected chi connectivity index (χ0v) is 12.7. The van der Waals surface area contributed by atoms with Crippen LogP contribution in [0.15, 0.2) is 36.4 Å². The number of halogens is 3. The highest BCUT2D eigenvalue weighted by molar-refractivity contribution is 6.11. The van der Waals surface area contributed by atoms with Gasteiger partial charge < -0.3 is 15.6 Å². The number of alkyl halides is 3. The highest BCUT2D eigenvalue weighted by Crippen LogP contribution is 2.59. The number of nitro benzene ring substituents is 1. The molecule has 7 nitrogen and oxygen atoms in total. The number of ketones is 1. The first-order valence-electron chi connectivity index (χ1n) is 7.26. The number of benzene rings is 2. The van der Waals surface area contributed by atoms with Gasteiger partial charge in [-0.15, -0.1) is 0 Å². The molecule has 0 spiro atoms. The summed E-state index contributed by atoms with van der Waals surface area (Å²) in [5.74, 6) is -4.02. The van der Waals surface area contributed by atoms with E-state index in [1.54, 1.807) is 0 Å². The molecule has 2 aliphatic rings. The number of nitrogens with two attached hydrogens (primary N) is 1. The van der Waals surface area contributed by atoms with Crippen LogP contribution >= 0.6 is 0 Å². The van der Waals surface area contributed by atoms with Gasteiger partial charge in [-0.05, 0) is 12.1 Å². The summed E-state index contributed by atoms with van der Waals surface area (Å²) in [6.45, 7) is 0. The molecule has 0 fully saturated rings. The molecule has 2 aromatic carbocycles. The number of hydrogen-bond donors (Lipinski definition) is 2. The van der Waals surface area contributed by atoms with Crippen molar-refractivity contribution in [2.45, 2.75) is 17.5 Å². The second-order valence-corrected chi connectivity index (χ2v) is 6.05. The van der Waals surface area contributed by atoms with Crippen LogP contribution in [-0.2, 0) is 17.5 Å². The van der Waals surface area contributed by atoms with Gasteiger partial charge in [0.05, 0.1) is 10.5 Å². The van der Waals surface area contributed by atoms with Gasteiger partial charge in [0.25, 0.3) is 11.5 Å². The van der Waals surface area contributed by atoms with Crippen molar-refractivity contribution >= 4 is 11.5 Å². The Balaban J connectivity index is 1.99. The summed E-state index contributed by atoms with van der Waals surface area (Å²) in [5, 5.41) is 22.3. The van der Waals surface area contributed by atoms with Crippen LogP contribution in [0.25, 0.3) is 0 Å². The number of Topliss-reactive ketones (excluding diaryl/α,β-unsaturated/α-hetero) is 1. The van der Waals surface area contributed by atoms with Crippen LogP contribution in [0.2, 0.25) is 0 Å². The van der Waals surface area contributed by atoms with E-state index < -0.39 is 50.8 Å². The molecule has 4 rings (SSSR count). The number of hydrogen-bond acceptors (Lipinski definition) is 6. The Hall–Kier alpha value is -2.98. The quantitative estimate of drug-likeness (QED) is 0.590. The van der Waals surface area contributed by atoms with E-state index in [0.29, 0.717) is 12.1 Å². The zero-order valence-electron chi connectivity index (χ0n) is 12.7. The number of fused-ring (bicyclic) bond motifs is 5. The lowest BCUT2D eigenvalue weighted by Gasteiger charge is -2.29. The van der Waals surface area contributed by atoms with Gasteiger partial charge in [0.15, 0.2) is 11.3 Å². The first kappa shape index (κ1) is 16.5. The highest BCUT2D eigenvalue weighted by atomic mass is 19.4. The molecule has 0 bridgehead atoms. The van der Waals surface area contributed by atoms with Crippen molar-refractivity contribution in [1.29, 1.82) is 0 Å². The number of rotatable bonds is 1. The average molecular weight is 366 g/mol. The maximum atomic E-state index is 12.9. The number of ether oxygens (including phenoxy) is 1. The fourth-order valence-corrected chi connectivity index (χ4v) is 3.51. The summed E-state index contributed by atoms with van der Waals surface area (Å²) in [5.41, 5.74) is 1.27. The molecule has 3 N–H and O–H groups in total. The maximum absolute atomic E-state index is 12.9. The van der Waals surface area contributed by atoms with Gasteiger partial charge in [-0.25, -0.2) is 0 Å². The van der Waals surface area contributed by atoms with E-state index in [2.05, 4.69) is 0 Å². The minimum Gasteiger partial charge on any atom is -0.455 e. The molecule has 2 aromatic rings. The van der Waals surface area contributed by atoms with Crippen molar-refractivity contribution in [3.05, 3.63) is 68.8 Å². The fourth-order valence-electron chi connectivity index (χ4n) is 3.51.